The Morgan fingerprint density at radius 2 is 2.09 bits per heavy atom. The molecule has 2 aromatic rings. The maximum absolute atomic E-state index is 12.1. The zero-order valence-electron chi connectivity index (χ0n) is 13.2. The summed E-state index contributed by atoms with van der Waals surface area (Å²) in [5, 5.41) is 17.0. The molecular weight excluding hydrogens is 280 g/mol. The summed E-state index contributed by atoms with van der Waals surface area (Å²) >= 11 is 0. The first-order chi connectivity index (χ1) is 10.4. The zero-order chi connectivity index (χ0) is 16.2. The van der Waals surface area contributed by atoms with Crippen LogP contribution in [0.15, 0.2) is 40.9 Å². The number of aromatic nitrogens is 1. The van der Waals surface area contributed by atoms with Gasteiger partial charge in [-0.05, 0) is 18.9 Å². The van der Waals surface area contributed by atoms with Crippen LogP contribution >= 0.6 is 0 Å². The molecular formula is C17H22N2O3. The maximum atomic E-state index is 12.1. The molecule has 1 amide bonds. The quantitative estimate of drug-likeness (QED) is 0.860. The van der Waals surface area contributed by atoms with Crippen LogP contribution in [0.5, 0.6) is 0 Å². The predicted molar refractivity (Wildman–Crippen MR) is 83.6 cm³/mol. The van der Waals surface area contributed by atoms with Crippen molar-refractivity contribution in [2.45, 2.75) is 38.7 Å². The van der Waals surface area contributed by atoms with Gasteiger partial charge in [0, 0.05) is 12.0 Å². The molecule has 0 saturated carbocycles. The van der Waals surface area contributed by atoms with E-state index in [-0.39, 0.29) is 24.1 Å². The Bertz CT molecular complexity index is 620. The second kappa shape index (κ2) is 6.75. The van der Waals surface area contributed by atoms with Crippen LogP contribution in [0.1, 0.15) is 54.9 Å². The molecule has 0 fully saturated rings. The molecule has 0 radical (unpaired) electrons. The molecule has 5 nitrogen and oxygen atoms in total. The topological polar surface area (TPSA) is 75.4 Å². The first-order valence-electron chi connectivity index (χ1n) is 7.46. The Kier molecular flexibility index (Phi) is 4.98. The number of carbonyl (C=O) groups excluding carboxylic acids is 1. The van der Waals surface area contributed by atoms with Crippen molar-refractivity contribution in [3.8, 4) is 0 Å². The van der Waals surface area contributed by atoms with Crippen molar-refractivity contribution in [3.05, 3.63) is 53.4 Å². The number of rotatable bonds is 6. The number of carbonyl (C=O) groups is 1. The molecule has 2 N–H and O–H groups in total. The van der Waals surface area contributed by atoms with Crippen molar-refractivity contribution in [1.82, 2.24) is 10.5 Å². The molecule has 22 heavy (non-hydrogen) atoms. The molecule has 118 valence electrons. The van der Waals surface area contributed by atoms with Crippen molar-refractivity contribution >= 4 is 5.91 Å². The van der Waals surface area contributed by atoms with Gasteiger partial charge in [-0.25, -0.2) is 0 Å². The molecule has 1 aromatic heterocycles. The summed E-state index contributed by atoms with van der Waals surface area (Å²) < 4.78 is 5.08. The highest BCUT2D eigenvalue weighted by atomic mass is 16.5. The van der Waals surface area contributed by atoms with Crippen LogP contribution in [-0.2, 0) is 5.60 Å². The van der Waals surface area contributed by atoms with Gasteiger partial charge in [0.15, 0.2) is 0 Å². The van der Waals surface area contributed by atoms with Gasteiger partial charge in [-0.15, -0.1) is 0 Å². The lowest BCUT2D eigenvalue weighted by atomic mass is 9.96. The van der Waals surface area contributed by atoms with E-state index in [1.54, 1.807) is 13.0 Å². The third kappa shape index (κ3) is 3.74. The Morgan fingerprint density at radius 1 is 1.41 bits per heavy atom. The number of aliphatic hydroxyl groups is 1. The molecule has 2 rings (SSSR count). The molecule has 1 heterocycles. The molecule has 0 aliphatic carbocycles. The fraction of sp³-hybridized carbons (Fsp3) is 0.412. The van der Waals surface area contributed by atoms with E-state index in [0.717, 1.165) is 17.7 Å². The summed E-state index contributed by atoms with van der Waals surface area (Å²) in [5.41, 5.74) is 0.367. The summed E-state index contributed by atoms with van der Waals surface area (Å²) in [6, 6.07) is 10.9. The van der Waals surface area contributed by atoms with Crippen LogP contribution in [0.4, 0.5) is 0 Å². The number of nitrogens with zero attached hydrogens (tertiary/aromatic N) is 1. The van der Waals surface area contributed by atoms with E-state index < -0.39 is 5.60 Å². The molecule has 0 spiro atoms. The number of benzene rings is 1. The van der Waals surface area contributed by atoms with Gasteiger partial charge in [0.25, 0.3) is 5.91 Å². The standard InChI is InChI=1S/C17H22N2O3/c1-4-12(2)14-10-15(22-19-14)16(20)18-11-17(3,21)13-8-6-5-7-9-13/h5-10,12,21H,4,11H2,1-3H3,(H,18,20). The van der Waals surface area contributed by atoms with Gasteiger partial charge in [0.1, 0.15) is 5.60 Å². The van der Waals surface area contributed by atoms with Crippen LogP contribution < -0.4 is 5.32 Å². The average Bonchev–Trinajstić information content (AvgIpc) is 3.03. The summed E-state index contributed by atoms with van der Waals surface area (Å²) in [6.45, 7) is 5.83. The van der Waals surface area contributed by atoms with Crippen LogP contribution in [0.25, 0.3) is 0 Å². The van der Waals surface area contributed by atoms with Crippen molar-refractivity contribution in [3.63, 3.8) is 0 Å². The Balaban J connectivity index is 1.99. The van der Waals surface area contributed by atoms with E-state index >= 15 is 0 Å². The van der Waals surface area contributed by atoms with Crippen molar-refractivity contribution < 1.29 is 14.4 Å². The minimum atomic E-state index is -1.14. The van der Waals surface area contributed by atoms with Gasteiger partial charge in [0.05, 0.1) is 12.2 Å². The predicted octanol–water partition coefficient (Wildman–Crippen LogP) is 2.83. The fourth-order valence-electron chi connectivity index (χ4n) is 2.08. The van der Waals surface area contributed by atoms with E-state index in [2.05, 4.69) is 17.4 Å². The van der Waals surface area contributed by atoms with Gasteiger partial charge < -0.3 is 14.9 Å². The van der Waals surface area contributed by atoms with E-state index in [1.807, 2.05) is 37.3 Å². The monoisotopic (exact) mass is 302 g/mol. The second-order valence-electron chi connectivity index (χ2n) is 5.75. The highest BCUT2D eigenvalue weighted by Crippen LogP contribution is 2.20. The minimum absolute atomic E-state index is 0.0925. The summed E-state index contributed by atoms with van der Waals surface area (Å²) in [6.07, 6.45) is 0.927. The molecule has 0 aliphatic heterocycles. The van der Waals surface area contributed by atoms with E-state index in [1.165, 1.54) is 0 Å². The van der Waals surface area contributed by atoms with Crippen molar-refractivity contribution in [2.75, 3.05) is 6.54 Å². The van der Waals surface area contributed by atoms with Gasteiger partial charge in [-0.3, -0.25) is 4.79 Å². The average molecular weight is 302 g/mol. The number of nitrogens with one attached hydrogen (secondary N) is 1. The molecule has 2 atom stereocenters. The fourth-order valence-corrected chi connectivity index (χ4v) is 2.08. The van der Waals surface area contributed by atoms with Gasteiger partial charge >= 0.3 is 0 Å². The van der Waals surface area contributed by atoms with Gasteiger partial charge in [0.2, 0.25) is 5.76 Å². The maximum Gasteiger partial charge on any atom is 0.290 e. The Labute approximate surface area is 130 Å². The Morgan fingerprint density at radius 3 is 2.73 bits per heavy atom. The van der Waals surface area contributed by atoms with Gasteiger partial charge in [-0.2, -0.15) is 0 Å². The molecule has 1 aromatic carbocycles. The molecule has 5 heteroatoms. The molecule has 0 saturated heterocycles. The van der Waals surface area contributed by atoms with Crippen LogP contribution in [0.2, 0.25) is 0 Å². The first kappa shape index (κ1) is 16.2. The van der Waals surface area contributed by atoms with Crippen LogP contribution in [0, 0.1) is 0 Å². The zero-order valence-corrected chi connectivity index (χ0v) is 13.2. The molecule has 0 aliphatic rings. The van der Waals surface area contributed by atoms with E-state index in [4.69, 9.17) is 4.52 Å². The second-order valence-corrected chi connectivity index (χ2v) is 5.75. The normalized spacial score (nSPS) is 15.1. The highest BCUT2D eigenvalue weighted by Gasteiger charge is 2.25. The lowest BCUT2D eigenvalue weighted by Crippen LogP contribution is -2.38. The van der Waals surface area contributed by atoms with Gasteiger partial charge in [-0.1, -0.05) is 49.3 Å². The number of hydrogen-bond donors (Lipinski definition) is 2. The summed E-state index contributed by atoms with van der Waals surface area (Å²) in [5.74, 6) is 0.0372. The SMILES string of the molecule is CCC(C)c1cc(C(=O)NCC(C)(O)c2ccccc2)on1. The van der Waals surface area contributed by atoms with Crippen LogP contribution in [-0.4, -0.2) is 22.7 Å². The molecule has 2 unspecified atom stereocenters. The van der Waals surface area contributed by atoms with Crippen LogP contribution in [0.3, 0.4) is 0 Å². The lowest BCUT2D eigenvalue weighted by molar-refractivity contribution is 0.0516. The Hall–Kier alpha value is -2.14. The van der Waals surface area contributed by atoms with Crippen molar-refractivity contribution in [1.29, 1.82) is 0 Å². The third-order valence-corrected chi connectivity index (χ3v) is 3.86. The van der Waals surface area contributed by atoms with E-state index in [9.17, 15) is 9.90 Å². The summed E-state index contributed by atoms with van der Waals surface area (Å²) in [7, 11) is 0. The largest absolute Gasteiger partial charge is 0.384 e. The van der Waals surface area contributed by atoms with E-state index in [0.29, 0.717) is 0 Å². The lowest BCUT2D eigenvalue weighted by Gasteiger charge is -2.23. The highest BCUT2D eigenvalue weighted by molar-refractivity contribution is 5.91. The summed E-state index contributed by atoms with van der Waals surface area (Å²) in [4.78, 5) is 12.1. The first-order valence-corrected chi connectivity index (χ1v) is 7.46. The number of amides is 1. The smallest absolute Gasteiger partial charge is 0.290 e. The third-order valence-electron chi connectivity index (χ3n) is 3.86. The molecule has 0 bridgehead atoms. The number of hydrogen-bond acceptors (Lipinski definition) is 4. The minimum Gasteiger partial charge on any atom is -0.384 e. The van der Waals surface area contributed by atoms with Crippen molar-refractivity contribution in [2.24, 2.45) is 0 Å².